The fourth-order valence-electron chi connectivity index (χ4n) is 2.33. The second-order valence-corrected chi connectivity index (χ2v) is 6.56. The summed E-state index contributed by atoms with van der Waals surface area (Å²) >= 11 is 0. The minimum atomic E-state index is 0.329. The molecule has 0 bridgehead atoms. The molecule has 20 heavy (non-hydrogen) atoms. The van der Waals surface area contributed by atoms with Gasteiger partial charge in [0.1, 0.15) is 5.78 Å². The summed E-state index contributed by atoms with van der Waals surface area (Å²) in [7, 11) is 0. The average Bonchev–Trinajstić information content (AvgIpc) is 2.38. The molecule has 0 amide bonds. The van der Waals surface area contributed by atoms with E-state index in [2.05, 4.69) is 46.8 Å². The van der Waals surface area contributed by atoms with Gasteiger partial charge in [-0.3, -0.25) is 4.79 Å². The molecule has 0 N–H and O–H groups in total. The van der Waals surface area contributed by atoms with E-state index in [-0.39, 0.29) is 0 Å². The molecule has 0 aromatic heterocycles. The summed E-state index contributed by atoms with van der Waals surface area (Å²) in [6.45, 7) is 12.7. The highest BCUT2D eigenvalue weighted by molar-refractivity contribution is 5.78. The fraction of sp³-hybridized carbons (Fsp3) is 0.737. The number of ketones is 1. The van der Waals surface area contributed by atoms with Crippen molar-refractivity contribution in [3.8, 4) is 0 Å². The highest BCUT2D eigenvalue weighted by atomic mass is 16.1. The molecular formula is C19H34O. The summed E-state index contributed by atoms with van der Waals surface area (Å²) in [6, 6.07) is 0. The molecule has 0 spiro atoms. The maximum Gasteiger partial charge on any atom is 0.133 e. The number of hydrogen-bond donors (Lipinski definition) is 0. The van der Waals surface area contributed by atoms with Gasteiger partial charge in [0.25, 0.3) is 0 Å². The van der Waals surface area contributed by atoms with Gasteiger partial charge in [-0.2, -0.15) is 0 Å². The third-order valence-electron chi connectivity index (χ3n) is 3.78. The number of rotatable bonds is 5. The van der Waals surface area contributed by atoms with Gasteiger partial charge in [-0.1, -0.05) is 44.1 Å². The summed E-state index contributed by atoms with van der Waals surface area (Å²) < 4.78 is 0. The van der Waals surface area contributed by atoms with E-state index in [0.29, 0.717) is 11.7 Å². The van der Waals surface area contributed by atoms with Crippen LogP contribution < -0.4 is 0 Å². The summed E-state index contributed by atoms with van der Waals surface area (Å²) in [4.78, 5) is 11.0. The van der Waals surface area contributed by atoms with Crippen LogP contribution in [0, 0.1) is 11.8 Å². The standard InChI is InChI=1S/C10H16O.C9H18/c1-3-9-5-4-6-10(7-9)8(2)11;1-8(2)6-5-7-9(3)4/h5,10H,3-4,6-7H2,1-2H3;6,9H,5,7H2,1-4H3. The predicted molar refractivity (Wildman–Crippen MR) is 89.9 cm³/mol. The van der Waals surface area contributed by atoms with Gasteiger partial charge < -0.3 is 0 Å². The van der Waals surface area contributed by atoms with Crippen molar-refractivity contribution in [2.45, 2.75) is 80.1 Å². The van der Waals surface area contributed by atoms with Gasteiger partial charge in [-0.25, -0.2) is 0 Å². The quantitative estimate of drug-likeness (QED) is 0.555. The molecule has 1 aliphatic rings. The Morgan fingerprint density at radius 1 is 1.35 bits per heavy atom. The SMILES string of the molecule is CC(C)=CCCC(C)C.CCC1=CCCC(C(C)=O)C1. The van der Waals surface area contributed by atoms with Crippen molar-refractivity contribution in [2.24, 2.45) is 11.8 Å². The van der Waals surface area contributed by atoms with Gasteiger partial charge in [-0.05, 0) is 65.2 Å². The number of carbonyl (C=O) groups excluding carboxylic acids is 1. The molecule has 1 atom stereocenters. The maximum absolute atomic E-state index is 11.0. The van der Waals surface area contributed by atoms with Crippen LogP contribution in [0.2, 0.25) is 0 Å². The van der Waals surface area contributed by atoms with Crippen molar-refractivity contribution in [1.29, 1.82) is 0 Å². The van der Waals surface area contributed by atoms with Crippen molar-refractivity contribution in [1.82, 2.24) is 0 Å². The zero-order valence-corrected chi connectivity index (χ0v) is 14.5. The zero-order valence-electron chi connectivity index (χ0n) is 14.5. The molecule has 1 nitrogen and oxygen atoms in total. The Hall–Kier alpha value is -0.850. The second-order valence-electron chi connectivity index (χ2n) is 6.56. The highest BCUT2D eigenvalue weighted by Gasteiger charge is 2.17. The topological polar surface area (TPSA) is 17.1 Å². The van der Waals surface area contributed by atoms with Gasteiger partial charge in [0, 0.05) is 5.92 Å². The summed E-state index contributed by atoms with van der Waals surface area (Å²) in [5.41, 5.74) is 2.91. The second kappa shape index (κ2) is 10.9. The van der Waals surface area contributed by atoms with E-state index in [0.717, 1.165) is 31.6 Å². The van der Waals surface area contributed by atoms with Crippen molar-refractivity contribution >= 4 is 5.78 Å². The third kappa shape index (κ3) is 10.00. The molecular weight excluding hydrogens is 244 g/mol. The molecule has 0 aromatic carbocycles. The van der Waals surface area contributed by atoms with Crippen LogP contribution in [0.25, 0.3) is 0 Å². The normalized spacial score (nSPS) is 17.9. The van der Waals surface area contributed by atoms with Crippen LogP contribution in [0.3, 0.4) is 0 Å². The van der Waals surface area contributed by atoms with Crippen LogP contribution >= 0.6 is 0 Å². The lowest BCUT2D eigenvalue weighted by Gasteiger charge is -2.19. The summed E-state index contributed by atoms with van der Waals surface area (Å²) in [6.07, 6.45) is 11.5. The van der Waals surface area contributed by atoms with Crippen LogP contribution in [0.1, 0.15) is 80.1 Å². The number of allylic oxidation sites excluding steroid dienone is 4. The Labute approximate surface area is 126 Å². The van der Waals surface area contributed by atoms with Crippen LogP contribution in [-0.4, -0.2) is 5.78 Å². The molecule has 1 heteroatoms. The summed E-state index contributed by atoms with van der Waals surface area (Å²) in [5, 5.41) is 0. The van der Waals surface area contributed by atoms with Gasteiger partial charge in [0.05, 0.1) is 0 Å². The van der Waals surface area contributed by atoms with E-state index in [9.17, 15) is 4.79 Å². The van der Waals surface area contributed by atoms with E-state index in [1.807, 2.05) is 0 Å². The van der Waals surface area contributed by atoms with Crippen molar-refractivity contribution in [3.05, 3.63) is 23.3 Å². The van der Waals surface area contributed by atoms with E-state index >= 15 is 0 Å². The molecule has 116 valence electrons. The molecule has 0 saturated heterocycles. The lowest BCUT2D eigenvalue weighted by atomic mass is 9.85. The van der Waals surface area contributed by atoms with Crippen LogP contribution in [0.5, 0.6) is 0 Å². The van der Waals surface area contributed by atoms with E-state index in [1.54, 1.807) is 6.92 Å². The molecule has 1 rings (SSSR count). The first kappa shape index (κ1) is 19.1. The van der Waals surface area contributed by atoms with Gasteiger partial charge in [0.2, 0.25) is 0 Å². The first-order valence-corrected chi connectivity index (χ1v) is 8.18. The van der Waals surface area contributed by atoms with E-state index in [4.69, 9.17) is 0 Å². The largest absolute Gasteiger partial charge is 0.300 e. The Balaban J connectivity index is 0.000000370. The lowest BCUT2D eigenvalue weighted by molar-refractivity contribution is -0.121. The number of Topliss-reactive ketones (excluding diaryl/α,β-unsaturated/α-hetero) is 1. The molecule has 0 saturated carbocycles. The van der Waals surface area contributed by atoms with Crippen LogP contribution in [-0.2, 0) is 4.79 Å². The molecule has 0 aromatic rings. The Morgan fingerprint density at radius 3 is 2.45 bits per heavy atom. The van der Waals surface area contributed by atoms with Crippen LogP contribution in [0.15, 0.2) is 23.3 Å². The first-order chi connectivity index (χ1) is 9.36. The maximum atomic E-state index is 11.0. The highest BCUT2D eigenvalue weighted by Crippen LogP contribution is 2.26. The fourth-order valence-corrected chi connectivity index (χ4v) is 2.33. The van der Waals surface area contributed by atoms with Crippen molar-refractivity contribution < 1.29 is 4.79 Å². The molecule has 1 aliphatic carbocycles. The minimum absolute atomic E-state index is 0.329. The Kier molecular flexibility index (Phi) is 10.4. The smallest absolute Gasteiger partial charge is 0.133 e. The molecule has 0 fully saturated rings. The van der Waals surface area contributed by atoms with Crippen molar-refractivity contribution in [2.75, 3.05) is 0 Å². The number of carbonyl (C=O) groups is 1. The van der Waals surface area contributed by atoms with E-state index < -0.39 is 0 Å². The van der Waals surface area contributed by atoms with Gasteiger partial charge in [0.15, 0.2) is 0 Å². The molecule has 0 radical (unpaired) electrons. The van der Waals surface area contributed by atoms with Gasteiger partial charge in [-0.15, -0.1) is 0 Å². The Bertz CT molecular complexity index is 330. The molecule has 1 unspecified atom stereocenters. The third-order valence-corrected chi connectivity index (χ3v) is 3.78. The summed E-state index contributed by atoms with van der Waals surface area (Å²) in [5.74, 6) is 1.54. The average molecular weight is 278 g/mol. The number of hydrogen-bond acceptors (Lipinski definition) is 1. The van der Waals surface area contributed by atoms with Crippen molar-refractivity contribution in [3.63, 3.8) is 0 Å². The van der Waals surface area contributed by atoms with Gasteiger partial charge >= 0.3 is 0 Å². The first-order valence-electron chi connectivity index (χ1n) is 8.18. The molecule has 0 aliphatic heterocycles. The molecule has 0 heterocycles. The Morgan fingerprint density at radius 2 is 2.00 bits per heavy atom. The lowest BCUT2D eigenvalue weighted by Crippen LogP contribution is -2.14. The minimum Gasteiger partial charge on any atom is -0.300 e. The van der Waals surface area contributed by atoms with E-state index in [1.165, 1.54) is 24.0 Å². The monoisotopic (exact) mass is 278 g/mol. The van der Waals surface area contributed by atoms with Crippen LogP contribution in [0.4, 0.5) is 0 Å². The predicted octanol–water partition coefficient (Wildman–Crippen LogP) is 6.10. The zero-order chi connectivity index (χ0) is 15.5.